The largest absolute Gasteiger partial charge is 0.497 e. The lowest BCUT2D eigenvalue weighted by atomic mass is 10.2. The van der Waals surface area contributed by atoms with E-state index in [2.05, 4.69) is 15.5 Å². The first-order valence-corrected chi connectivity index (χ1v) is 13.3. The number of methoxy groups -OCH3 is 1. The normalized spacial score (nSPS) is 15.5. The average Bonchev–Trinajstić information content (AvgIpc) is 3.25. The average molecular weight is 527 g/mol. The number of hydrogen-bond acceptors (Lipinski definition) is 9. The van der Waals surface area contributed by atoms with Crippen LogP contribution in [-0.2, 0) is 14.8 Å². The number of amides is 1. The second kappa shape index (κ2) is 9.75. The van der Waals surface area contributed by atoms with E-state index in [1.165, 1.54) is 54.5 Å². The molecule has 0 saturated heterocycles. The Morgan fingerprint density at radius 2 is 2.06 bits per heavy atom. The molecule has 2 aromatic carbocycles. The van der Waals surface area contributed by atoms with Crippen LogP contribution in [-0.4, -0.2) is 50.0 Å². The summed E-state index contributed by atoms with van der Waals surface area (Å²) in [5, 5.41) is 11.3. The van der Waals surface area contributed by atoms with Crippen LogP contribution in [0.2, 0.25) is 5.02 Å². The molecule has 174 valence electrons. The Balaban J connectivity index is 1.64. The number of rotatable bonds is 7. The fraction of sp³-hybridized carbons (Fsp3) is 0.250. The Hall–Kier alpha value is -2.54. The third kappa shape index (κ3) is 5.03. The van der Waals surface area contributed by atoms with Crippen molar-refractivity contribution in [1.82, 2.24) is 10.2 Å². The molecule has 0 spiro atoms. The van der Waals surface area contributed by atoms with Gasteiger partial charge in [0.15, 0.2) is 10.4 Å². The third-order valence-corrected chi connectivity index (χ3v) is 8.52. The van der Waals surface area contributed by atoms with E-state index >= 15 is 0 Å². The summed E-state index contributed by atoms with van der Waals surface area (Å²) >= 11 is 8.87. The first-order valence-electron chi connectivity index (χ1n) is 9.72. The second-order valence-corrected chi connectivity index (χ2v) is 11.5. The highest BCUT2D eigenvalue weighted by Gasteiger charge is 2.38. The summed E-state index contributed by atoms with van der Waals surface area (Å²) in [6, 6.07) is 10.6. The van der Waals surface area contributed by atoms with Crippen molar-refractivity contribution in [3.8, 4) is 11.5 Å². The zero-order valence-corrected chi connectivity index (χ0v) is 20.7. The molecule has 0 radical (unpaired) electrons. The Bertz CT molecular complexity index is 1270. The molecule has 0 fully saturated rings. The number of hydrogen-bond donors (Lipinski definition) is 1. The maximum atomic E-state index is 13.5. The molecule has 1 aromatic heterocycles. The number of fused-ring (bicyclic) bond motifs is 1. The molecule has 1 N–H and O–H groups in total. The molecule has 33 heavy (non-hydrogen) atoms. The van der Waals surface area contributed by atoms with Crippen LogP contribution in [0.1, 0.15) is 6.92 Å². The summed E-state index contributed by atoms with van der Waals surface area (Å²) < 4.78 is 39.8. The predicted octanol–water partition coefficient (Wildman–Crippen LogP) is 3.91. The van der Waals surface area contributed by atoms with Gasteiger partial charge in [0.1, 0.15) is 11.5 Å². The standard InChI is InChI=1S/C20H19ClN4O5S3/c1-3-31-20-24-23-19(32-20)22-18(26)17-11-25(15-10-12(21)4-9-16(15)30-17)33(27,28)14-7-5-13(29-2)6-8-14/h4-10,17H,3,11H2,1-2H3,(H,22,23,26)/t17-/m0/s1. The zero-order valence-electron chi connectivity index (χ0n) is 17.5. The molecule has 0 saturated carbocycles. The lowest BCUT2D eigenvalue weighted by Gasteiger charge is -2.34. The number of nitrogens with one attached hydrogen (secondary N) is 1. The van der Waals surface area contributed by atoms with Gasteiger partial charge >= 0.3 is 0 Å². The van der Waals surface area contributed by atoms with E-state index in [0.29, 0.717) is 15.9 Å². The highest BCUT2D eigenvalue weighted by Crippen LogP contribution is 2.39. The number of carbonyl (C=O) groups is 1. The summed E-state index contributed by atoms with van der Waals surface area (Å²) in [6.07, 6.45) is -1.11. The number of sulfonamides is 1. The molecule has 4 rings (SSSR count). The van der Waals surface area contributed by atoms with Gasteiger partial charge in [-0.2, -0.15) is 0 Å². The van der Waals surface area contributed by atoms with Crippen molar-refractivity contribution in [1.29, 1.82) is 0 Å². The number of aromatic nitrogens is 2. The van der Waals surface area contributed by atoms with Crippen LogP contribution in [0.15, 0.2) is 51.7 Å². The molecule has 1 atom stereocenters. The number of anilines is 2. The van der Waals surface area contributed by atoms with Gasteiger partial charge in [0.05, 0.1) is 24.2 Å². The van der Waals surface area contributed by atoms with Gasteiger partial charge in [-0.25, -0.2) is 8.42 Å². The van der Waals surface area contributed by atoms with E-state index in [0.717, 1.165) is 14.4 Å². The van der Waals surface area contributed by atoms with Gasteiger partial charge in [-0.05, 0) is 48.2 Å². The number of halogens is 1. The molecular weight excluding hydrogens is 508 g/mol. The van der Waals surface area contributed by atoms with Gasteiger partial charge in [-0.1, -0.05) is 41.6 Å². The number of ether oxygens (including phenoxy) is 2. The summed E-state index contributed by atoms with van der Waals surface area (Å²) in [6.45, 7) is 1.74. The van der Waals surface area contributed by atoms with Crippen LogP contribution >= 0.6 is 34.7 Å². The summed E-state index contributed by atoms with van der Waals surface area (Å²) in [5.74, 6) is 1.04. The Labute approximate surface area is 204 Å². The molecule has 0 unspecified atom stereocenters. The van der Waals surface area contributed by atoms with Crippen molar-refractivity contribution in [2.45, 2.75) is 22.3 Å². The van der Waals surface area contributed by atoms with E-state index in [9.17, 15) is 13.2 Å². The molecule has 1 aliphatic rings. The third-order valence-electron chi connectivity index (χ3n) is 4.63. The fourth-order valence-corrected chi connectivity index (χ4v) is 6.38. The minimum absolute atomic E-state index is 0.0423. The van der Waals surface area contributed by atoms with Gasteiger partial charge in [0, 0.05) is 5.02 Å². The van der Waals surface area contributed by atoms with Crippen molar-refractivity contribution in [3.05, 3.63) is 47.5 Å². The lowest BCUT2D eigenvalue weighted by Crippen LogP contribution is -2.48. The molecule has 0 aliphatic carbocycles. The quantitative estimate of drug-likeness (QED) is 0.364. The SMILES string of the molecule is CCSc1nnc(NC(=O)[C@@H]2CN(S(=O)(=O)c3ccc(OC)cc3)c3cc(Cl)ccc3O2)s1. The van der Waals surface area contributed by atoms with Gasteiger partial charge in [0.2, 0.25) is 5.13 Å². The molecular formula is C20H19ClN4O5S3. The molecule has 1 aliphatic heterocycles. The van der Waals surface area contributed by atoms with Crippen LogP contribution in [0.5, 0.6) is 11.5 Å². The summed E-state index contributed by atoms with van der Waals surface area (Å²) in [7, 11) is -2.53. The van der Waals surface area contributed by atoms with E-state index in [-0.39, 0.29) is 22.9 Å². The van der Waals surface area contributed by atoms with Crippen molar-refractivity contribution in [3.63, 3.8) is 0 Å². The summed E-state index contributed by atoms with van der Waals surface area (Å²) in [5.41, 5.74) is 0.250. The number of benzene rings is 2. The smallest absolute Gasteiger partial charge is 0.269 e. The summed E-state index contributed by atoms with van der Waals surface area (Å²) in [4.78, 5) is 13.0. The van der Waals surface area contributed by atoms with Crippen LogP contribution in [0.4, 0.5) is 10.8 Å². The maximum Gasteiger partial charge on any atom is 0.269 e. The Kier molecular flexibility index (Phi) is 6.98. The van der Waals surface area contributed by atoms with E-state index < -0.39 is 22.0 Å². The number of thioether (sulfide) groups is 1. The lowest BCUT2D eigenvalue weighted by molar-refractivity contribution is -0.122. The van der Waals surface area contributed by atoms with E-state index in [1.54, 1.807) is 18.2 Å². The maximum absolute atomic E-state index is 13.5. The van der Waals surface area contributed by atoms with Gasteiger partial charge in [-0.3, -0.25) is 14.4 Å². The molecule has 2 heterocycles. The van der Waals surface area contributed by atoms with E-state index in [1.807, 2.05) is 6.92 Å². The van der Waals surface area contributed by atoms with Gasteiger partial charge in [0.25, 0.3) is 15.9 Å². The van der Waals surface area contributed by atoms with Crippen LogP contribution in [0.25, 0.3) is 0 Å². The molecule has 9 nitrogen and oxygen atoms in total. The molecule has 3 aromatic rings. The monoisotopic (exact) mass is 526 g/mol. The zero-order chi connectivity index (χ0) is 23.6. The van der Waals surface area contributed by atoms with Crippen LogP contribution in [0.3, 0.4) is 0 Å². The van der Waals surface area contributed by atoms with Gasteiger partial charge in [-0.15, -0.1) is 10.2 Å². The first-order chi connectivity index (χ1) is 15.8. The van der Waals surface area contributed by atoms with Gasteiger partial charge < -0.3 is 9.47 Å². The second-order valence-electron chi connectivity index (χ2n) is 6.73. The highest BCUT2D eigenvalue weighted by atomic mass is 35.5. The molecule has 13 heteroatoms. The number of nitrogens with zero attached hydrogens (tertiary/aromatic N) is 3. The fourth-order valence-electron chi connectivity index (χ4n) is 3.09. The number of carbonyl (C=O) groups excluding carboxylic acids is 1. The van der Waals surface area contributed by atoms with Crippen LogP contribution < -0.4 is 19.1 Å². The Morgan fingerprint density at radius 3 is 2.76 bits per heavy atom. The van der Waals surface area contributed by atoms with Crippen molar-refractivity contribution < 1.29 is 22.7 Å². The highest BCUT2D eigenvalue weighted by molar-refractivity contribution is 8.01. The predicted molar refractivity (Wildman–Crippen MR) is 128 cm³/mol. The minimum Gasteiger partial charge on any atom is -0.497 e. The first kappa shape index (κ1) is 23.6. The van der Waals surface area contributed by atoms with Crippen molar-refractivity contribution in [2.75, 3.05) is 29.0 Å². The molecule has 0 bridgehead atoms. The topological polar surface area (TPSA) is 111 Å². The Morgan fingerprint density at radius 1 is 1.30 bits per heavy atom. The van der Waals surface area contributed by atoms with Crippen molar-refractivity contribution >= 4 is 61.4 Å². The molecule has 1 amide bonds. The van der Waals surface area contributed by atoms with E-state index in [4.69, 9.17) is 21.1 Å². The van der Waals surface area contributed by atoms with Crippen molar-refractivity contribution in [2.24, 2.45) is 0 Å². The minimum atomic E-state index is -4.03. The van der Waals surface area contributed by atoms with Crippen LogP contribution in [0, 0.1) is 0 Å².